The standard InChI is InChI=1S/C12H20N2O3/c1-4-17-8-9(2)13-7-10-5-6-11(14-10)12(15)16-3/h5-6,9,13-14H,4,7-8H2,1-3H3. The van der Waals surface area contributed by atoms with Crippen LogP contribution in [0, 0.1) is 0 Å². The van der Waals surface area contributed by atoms with Gasteiger partial charge in [0.05, 0.1) is 13.7 Å². The lowest BCUT2D eigenvalue weighted by Crippen LogP contribution is -2.30. The number of hydrogen-bond acceptors (Lipinski definition) is 4. The molecule has 0 amide bonds. The summed E-state index contributed by atoms with van der Waals surface area (Å²) >= 11 is 0. The third-order valence-corrected chi connectivity index (χ3v) is 2.36. The van der Waals surface area contributed by atoms with Crippen LogP contribution in [0.4, 0.5) is 0 Å². The van der Waals surface area contributed by atoms with Crippen molar-refractivity contribution in [3.63, 3.8) is 0 Å². The van der Waals surface area contributed by atoms with E-state index in [9.17, 15) is 4.79 Å². The van der Waals surface area contributed by atoms with Crippen LogP contribution >= 0.6 is 0 Å². The number of methoxy groups -OCH3 is 1. The molecule has 5 heteroatoms. The Hall–Kier alpha value is -1.33. The summed E-state index contributed by atoms with van der Waals surface area (Å²) in [5.74, 6) is -0.349. The second-order valence-corrected chi connectivity index (χ2v) is 3.83. The van der Waals surface area contributed by atoms with E-state index < -0.39 is 0 Å². The first-order chi connectivity index (χ1) is 8.17. The van der Waals surface area contributed by atoms with Crippen LogP contribution in [-0.2, 0) is 16.0 Å². The maximum Gasteiger partial charge on any atom is 0.354 e. The second kappa shape index (κ2) is 7.09. The molecule has 96 valence electrons. The minimum atomic E-state index is -0.349. The molecule has 5 nitrogen and oxygen atoms in total. The average Bonchev–Trinajstić information content (AvgIpc) is 2.81. The Morgan fingerprint density at radius 3 is 2.94 bits per heavy atom. The van der Waals surface area contributed by atoms with Gasteiger partial charge < -0.3 is 19.8 Å². The molecular formula is C12H20N2O3. The molecule has 0 saturated heterocycles. The first-order valence-electron chi connectivity index (χ1n) is 5.74. The first kappa shape index (κ1) is 13.7. The number of esters is 1. The highest BCUT2D eigenvalue weighted by Gasteiger charge is 2.08. The SMILES string of the molecule is CCOCC(C)NCc1ccc(C(=O)OC)[nH]1. The van der Waals surface area contributed by atoms with Crippen LogP contribution in [0.15, 0.2) is 12.1 Å². The van der Waals surface area contributed by atoms with Gasteiger partial charge in [-0.2, -0.15) is 0 Å². The fourth-order valence-electron chi connectivity index (χ4n) is 1.41. The van der Waals surface area contributed by atoms with E-state index in [4.69, 9.17) is 4.74 Å². The van der Waals surface area contributed by atoms with Crippen molar-refractivity contribution < 1.29 is 14.3 Å². The molecule has 0 radical (unpaired) electrons. The molecule has 0 aliphatic heterocycles. The Balaban J connectivity index is 2.36. The number of aromatic nitrogens is 1. The highest BCUT2D eigenvalue weighted by molar-refractivity contribution is 5.87. The van der Waals surface area contributed by atoms with E-state index in [2.05, 4.69) is 22.0 Å². The van der Waals surface area contributed by atoms with E-state index in [1.54, 1.807) is 6.07 Å². The smallest absolute Gasteiger partial charge is 0.354 e. The summed E-state index contributed by atoms with van der Waals surface area (Å²) < 4.78 is 9.92. The molecular weight excluding hydrogens is 220 g/mol. The topological polar surface area (TPSA) is 63.4 Å². The van der Waals surface area contributed by atoms with Gasteiger partial charge in [0.1, 0.15) is 5.69 Å². The van der Waals surface area contributed by atoms with Crippen LogP contribution in [-0.4, -0.2) is 37.3 Å². The van der Waals surface area contributed by atoms with E-state index in [0.717, 1.165) is 12.3 Å². The van der Waals surface area contributed by atoms with Crippen molar-refractivity contribution in [1.82, 2.24) is 10.3 Å². The quantitative estimate of drug-likeness (QED) is 0.705. The Labute approximate surface area is 101 Å². The summed E-state index contributed by atoms with van der Waals surface area (Å²) in [5, 5.41) is 3.30. The number of nitrogens with one attached hydrogen (secondary N) is 2. The predicted molar refractivity (Wildman–Crippen MR) is 64.9 cm³/mol. The van der Waals surface area contributed by atoms with Crippen molar-refractivity contribution in [3.05, 3.63) is 23.5 Å². The van der Waals surface area contributed by atoms with Crippen LogP contribution in [0.5, 0.6) is 0 Å². The Bertz CT molecular complexity index is 349. The monoisotopic (exact) mass is 240 g/mol. The molecule has 1 rings (SSSR count). The summed E-state index contributed by atoms with van der Waals surface area (Å²) in [4.78, 5) is 14.2. The van der Waals surface area contributed by atoms with Crippen LogP contribution in [0.25, 0.3) is 0 Å². The molecule has 0 aromatic carbocycles. The van der Waals surface area contributed by atoms with E-state index in [1.807, 2.05) is 13.0 Å². The number of carbonyl (C=O) groups is 1. The van der Waals surface area contributed by atoms with Crippen molar-refractivity contribution in [2.45, 2.75) is 26.4 Å². The van der Waals surface area contributed by atoms with Gasteiger partial charge >= 0.3 is 5.97 Å². The van der Waals surface area contributed by atoms with Gasteiger partial charge in [-0.15, -0.1) is 0 Å². The van der Waals surface area contributed by atoms with Crippen LogP contribution in [0.3, 0.4) is 0 Å². The van der Waals surface area contributed by atoms with Crippen LogP contribution in [0.2, 0.25) is 0 Å². The van der Waals surface area contributed by atoms with Gasteiger partial charge in [0.25, 0.3) is 0 Å². The summed E-state index contributed by atoms with van der Waals surface area (Å²) in [5.41, 5.74) is 1.43. The molecule has 0 fully saturated rings. The lowest BCUT2D eigenvalue weighted by atomic mass is 10.3. The Morgan fingerprint density at radius 1 is 1.53 bits per heavy atom. The van der Waals surface area contributed by atoms with Crippen molar-refractivity contribution in [2.24, 2.45) is 0 Å². The van der Waals surface area contributed by atoms with Gasteiger partial charge in [0, 0.05) is 24.9 Å². The third kappa shape index (κ3) is 4.58. The largest absolute Gasteiger partial charge is 0.464 e. The molecule has 1 unspecified atom stereocenters. The second-order valence-electron chi connectivity index (χ2n) is 3.83. The molecule has 0 spiro atoms. The molecule has 2 N–H and O–H groups in total. The van der Waals surface area contributed by atoms with Gasteiger partial charge in [-0.3, -0.25) is 0 Å². The van der Waals surface area contributed by atoms with Crippen molar-refractivity contribution in [2.75, 3.05) is 20.3 Å². The van der Waals surface area contributed by atoms with Crippen molar-refractivity contribution >= 4 is 5.97 Å². The van der Waals surface area contributed by atoms with Gasteiger partial charge in [-0.05, 0) is 26.0 Å². The maximum absolute atomic E-state index is 11.2. The molecule has 1 aromatic rings. The van der Waals surface area contributed by atoms with Crippen LogP contribution in [0.1, 0.15) is 30.0 Å². The van der Waals surface area contributed by atoms with Gasteiger partial charge in [-0.25, -0.2) is 4.79 Å². The van der Waals surface area contributed by atoms with E-state index in [-0.39, 0.29) is 12.0 Å². The molecule has 0 aliphatic rings. The minimum absolute atomic E-state index is 0.278. The lowest BCUT2D eigenvalue weighted by Gasteiger charge is -2.12. The summed E-state index contributed by atoms with van der Waals surface area (Å²) in [6.45, 7) is 6.10. The summed E-state index contributed by atoms with van der Waals surface area (Å²) in [6.07, 6.45) is 0. The van der Waals surface area contributed by atoms with Crippen molar-refractivity contribution in [3.8, 4) is 0 Å². The third-order valence-electron chi connectivity index (χ3n) is 2.36. The fraction of sp³-hybridized carbons (Fsp3) is 0.583. The van der Waals surface area contributed by atoms with E-state index >= 15 is 0 Å². The number of carbonyl (C=O) groups excluding carboxylic acids is 1. The summed E-state index contributed by atoms with van der Waals surface area (Å²) in [7, 11) is 1.37. The van der Waals surface area contributed by atoms with E-state index in [1.165, 1.54) is 7.11 Å². The fourth-order valence-corrected chi connectivity index (χ4v) is 1.41. The van der Waals surface area contributed by atoms with Gasteiger partial charge in [-0.1, -0.05) is 0 Å². The van der Waals surface area contributed by atoms with E-state index in [0.29, 0.717) is 18.8 Å². The molecule has 1 aromatic heterocycles. The lowest BCUT2D eigenvalue weighted by molar-refractivity contribution is 0.0594. The maximum atomic E-state index is 11.2. The molecule has 0 bridgehead atoms. The predicted octanol–water partition coefficient (Wildman–Crippen LogP) is 1.32. The Kier molecular flexibility index (Phi) is 5.72. The molecule has 1 heterocycles. The molecule has 0 saturated carbocycles. The first-order valence-corrected chi connectivity index (χ1v) is 5.74. The minimum Gasteiger partial charge on any atom is -0.464 e. The molecule has 0 aliphatic carbocycles. The number of aromatic amines is 1. The number of hydrogen-bond donors (Lipinski definition) is 2. The number of H-pyrrole nitrogens is 1. The summed E-state index contributed by atoms with van der Waals surface area (Å²) in [6, 6.07) is 3.86. The average molecular weight is 240 g/mol. The zero-order valence-electron chi connectivity index (χ0n) is 10.6. The molecule has 1 atom stereocenters. The van der Waals surface area contributed by atoms with Gasteiger partial charge in [0.15, 0.2) is 0 Å². The number of ether oxygens (including phenoxy) is 2. The van der Waals surface area contributed by atoms with Crippen molar-refractivity contribution in [1.29, 1.82) is 0 Å². The highest BCUT2D eigenvalue weighted by atomic mass is 16.5. The molecule has 17 heavy (non-hydrogen) atoms. The number of rotatable bonds is 7. The van der Waals surface area contributed by atoms with Gasteiger partial charge in [0.2, 0.25) is 0 Å². The normalized spacial score (nSPS) is 12.4. The zero-order chi connectivity index (χ0) is 12.7. The zero-order valence-corrected chi connectivity index (χ0v) is 10.6. The highest BCUT2D eigenvalue weighted by Crippen LogP contribution is 2.03. The van der Waals surface area contributed by atoms with Crippen LogP contribution < -0.4 is 5.32 Å². The Morgan fingerprint density at radius 2 is 2.29 bits per heavy atom.